The van der Waals surface area contributed by atoms with Gasteiger partial charge < -0.3 is 4.74 Å². The summed E-state index contributed by atoms with van der Waals surface area (Å²) < 4.78 is 34.8. The second-order valence-corrected chi connectivity index (χ2v) is 5.95. The molecule has 1 rings (SSSR count). The summed E-state index contributed by atoms with van der Waals surface area (Å²) >= 11 is 1.36. The Kier molecular flexibility index (Phi) is 6.54. The van der Waals surface area contributed by atoms with E-state index in [9.17, 15) is 8.42 Å². The molecule has 0 unspecified atom stereocenters. The molecule has 1 aromatic rings. The van der Waals surface area contributed by atoms with E-state index in [1.54, 1.807) is 6.07 Å². The first-order chi connectivity index (χ1) is 8.08. The van der Waals surface area contributed by atoms with Gasteiger partial charge in [0.15, 0.2) is 0 Å². The lowest BCUT2D eigenvalue weighted by atomic mass is 10.2. The average molecular weight is 276 g/mol. The van der Waals surface area contributed by atoms with Gasteiger partial charge in [-0.05, 0) is 12.8 Å². The molecule has 0 aliphatic rings. The van der Waals surface area contributed by atoms with Crippen LogP contribution >= 0.6 is 11.3 Å². The molecule has 0 aliphatic carbocycles. The van der Waals surface area contributed by atoms with Crippen molar-refractivity contribution in [3.05, 3.63) is 16.8 Å². The Morgan fingerprint density at radius 2 is 1.94 bits per heavy atom. The molecular weight excluding hydrogens is 260 g/mol. The SMILES string of the molecule is O=S(=O)(O)CCCCCCCOc1[c]s[c]c1. The monoisotopic (exact) mass is 276 g/mol. The van der Waals surface area contributed by atoms with Gasteiger partial charge in [-0.1, -0.05) is 19.3 Å². The molecular formula is C11H16O4S2. The summed E-state index contributed by atoms with van der Waals surface area (Å²) in [4.78, 5) is 0. The van der Waals surface area contributed by atoms with Crippen LogP contribution < -0.4 is 4.74 Å². The first-order valence-electron chi connectivity index (χ1n) is 5.53. The number of unbranched alkanes of at least 4 members (excludes halogenated alkanes) is 4. The maximum absolute atomic E-state index is 10.4. The summed E-state index contributed by atoms with van der Waals surface area (Å²) in [6, 6.07) is 1.76. The number of hydrogen-bond donors (Lipinski definition) is 1. The van der Waals surface area contributed by atoms with E-state index >= 15 is 0 Å². The number of hydrogen-bond acceptors (Lipinski definition) is 4. The van der Waals surface area contributed by atoms with E-state index in [0.717, 1.165) is 31.4 Å². The average Bonchev–Trinajstić information content (AvgIpc) is 2.73. The standard InChI is InChI=1S/C11H16O4S2/c12-17(13,14)9-5-3-1-2-4-7-15-11-6-8-16-10-11/h6H,1-5,7,9H2,(H,12,13,14). The molecule has 0 aliphatic heterocycles. The second kappa shape index (κ2) is 7.68. The maximum Gasteiger partial charge on any atom is 0.264 e. The van der Waals surface area contributed by atoms with Gasteiger partial charge in [-0.15, -0.1) is 11.3 Å². The molecule has 0 bridgehead atoms. The van der Waals surface area contributed by atoms with Crippen LogP contribution in [0.1, 0.15) is 32.1 Å². The topological polar surface area (TPSA) is 63.6 Å². The van der Waals surface area contributed by atoms with Crippen molar-refractivity contribution in [3.63, 3.8) is 0 Å². The highest BCUT2D eigenvalue weighted by atomic mass is 32.2. The summed E-state index contributed by atoms with van der Waals surface area (Å²) in [6.45, 7) is 0.652. The molecule has 0 atom stereocenters. The molecule has 1 N–H and O–H groups in total. The van der Waals surface area contributed by atoms with Crippen molar-refractivity contribution in [3.8, 4) is 5.75 Å². The Hall–Kier alpha value is -0.590. The highest BCUT2D eigenvalue weighted by Crippen LogP contribution is 2.13. The van der Waals surface area contributed by atoms with Gasteiger partial charge in [-0.25, -0.2) is 0 Å². The molecule has 4 nitrogen and oxygen atoms in total. The zero-order valence-electron chi connectivity index (χ0n) is 9.52. The fraction of sp³-hybridized carbons (Fsp3) is 0.636. The molecule has 0 spiro atoms. The van der Waals surface area contributed by atoms with Crippen LogP contribution in [0.4, 0.5) is 0 Å². The second-order valence-electron chi connectivity index (χ2n) is 3.73. The van der Waals surface area contributed by atoms with E-state index in [1.165, 1.54) is 11.3 Å². The van der Waals surface area contributed by atoms with Gasteiger partial charge in [0.2, 0.25) is 0 Å². The molecule has 0 saturated carbocycles. The molecule has 2 radical (unpaired) electrons. The van der Waals surface area contributed by atoms with Gasteiger partial charge in [0.05, 0.1) is 17.7 Å². The normalized spacial score (nSPS) is 11.6. The number of rotatable bonds is 9. The molecule has 0 saturated heterocycles. The van der Waals surface area contributed by atoms with Crippen LogP contribution in [0.3, 0.4) is 0 Å². The third-order valence-electron chi connectivity index (χ3n) is 2.20. The maximum atomic E-state index is 10.4. The van der Waals surface area contributed by atoms with Gasteiger partial charge in [0.25, 0.3) is 10.1 Å². The smallest absolute Gasteiger partial charge is 0.264 e. The lowest BCUT2D eigenvalue weighted by molar-refractivity contribution is 0.305. The number of ether oxygens (including phenoxy) is 1. The van der Waals surface area contributed by atoms with Crippen LogP contribution in [0.25, 0.3) is 0 Å². The van der Waals surface area contributed by atoms with Crippen molar-refractivity contribution in [2.45, 2.75) is 32.1 Å². The Bertz CT molecular complexity index is 384. The van der Waals surface area contributed by atoms with Crippen molar-refractivity contribution < 1.29 is 17.7 Å². The lowest BCUT2D eigenvalue weighted by Gasteiger charge is -2.03. The summed E-state index contributed by atoms with van der Waals surface area (Å²) in [5, 5.41) is 5.83. The summed E-state index contributed by atoms with van der Waals surface area (Å²) in [6.07, 6.45) is 4.23. The van der Waals surface area contributed by atoms with E-state index in [2.05, 4.69) is 10.8 Å². The van der Waals surface area contributed by atoms with Crippen LogP contribution in [-0.2, 0) is 10.1 Å². The quantitative estimate of drug-likeness (QED) is 0.556. The Labute approximate surface area is 106 Å². The first-order valence-corrected chi connectivity index (χ1v) is 7.96. The molecule has 6 heteroatoms. The molecule has 0 amide bonds. The molecule has 0 fully saturated rings. The van der Waals surface area contributed by atoms with Crippen molar-refractivity contribution in [2.24, 2.45) is 0 Å². The Balaban J connectivity index is 1.88. The first kappa shape index (κ1) is 14.5. The van der Waals surface area contributed by atoms with Crippen LogP contribution in [-0.4, -0.2) is 25.3 Å². The third-order valence-corrected chi connectivity index (χ3v) is 3.55. The van der Waals surface area contributed by atoms with Gasteiger partial charge >= 0.3 is 0 Å². The van der Waals surface area contributed by atoms with E-state index in [0.29, 0.717) is 13.0 Å². The zero-order valence-corrected chi connectivity index (χ0v) is 11.1. The largest absolute Gasteiger partial charge is 0.492 e. The minimum absolute atomic E-state index is 0.136. The Morgan fingerprint density at radius 3 is 2.59 bits per heavy atom. The van der Waals surface area contributed by atoms with Crippen molar-refractivity contribution >= 4 is 21.5 Å². The molecule has 1 heterocycles. The van der Waals surface area contributed by atoms with Crippen LogP contribution in [0.15, 0.2) is 6.07 Å². The van der Waals surface area contributed by atoms with Crippen LogP contribution in [0.5, 0.6) is 5.75 Å². The lowest BCUT2D eigenvalue weighted by Crippen LogP contribution is -2.03. The van der Waals surface area contributed by atoms with Crippen molar-refractivity contribution in [1.82, 2.24) is 0 Å². The highest BCUT2D eigenvalue weighted by molar-refractivity contribution is 7.85. The number of thiophene rings is 1. The molecule has 17 heavy (non-hydrogen) atoms. The predicted octanol–water partition coefficient (Wildman–Crippen LogP) is 2.57. The minimum atomic E-state index is -3.78. The molecule has 96 valence electrons. The fourth-order valence-corrected chi connectivity index (χ4v) is 2.37. The zero-order chi connectivity index (χ0) is 12.6. The minimum Gasteiger partial charge on any atom is -0.492 e. The summed E-state index contributed by atoms with van der Waals surface area (Å²) in [5.41, 5.74) is 0. The fourth-order valence-electron chi connectivity index (χ4n) is 1.36. The van der Waals surface area contributed by atoms with Crippen molar-refractivity contribution in [1.29, 1.82) is 0 Å². The molecule has 1 aromatic heterocycles. The molecule has 0 aromatic carbocycles. The van der Waals surface area contributed by atoms with E-state index in [-0.39, 0.29) is 5.75 Å². The summed E-state index contributed by atoms with van der Waals surface area (Å²) in [7, 11) is -3.78. The van der Waals surface area contributed by atoms with E-state index in [4.69, 9.17) is 9.29 Å². The van der Waals surface area contributed by atoms with Gasteiger partial charge in [-0.3, -0.25) is 4.55 Å². The summed E-state index contributed by atoms with van der Waals surface area (Å²) in [5.74, 6) is 0.602. The van der Waals surface area contributed by atoms with Gasteiger partial charge in [0.1, 0.15) is 5.75 Å². The van der Waals surface area contributed by atoms with Gasteiger partial charge in [-0.2, -0.15) is 8.42 Å². The third kappa shape index (κ3) is 8.18. The Morgan fingerprint density at radius 1 is 1.24 bits per heavy atom. The van der Waals surface area contributed by atoms with Crippen molar-refractivity contribution in [2.75, 3.05) is 12.4 Å². The van der Waals surface area contributed by atoms with E-state index < -0.39 is 10.1 Å². The van der Waals surface area contributed by atoms with Gasteiger partial charge in [0, 0.05) is 11.4 Å². The van der Waals surface area contributed by atoms with E-state index in [1.807, 2.05) is 0 Å². The van der Waals surface area contributed by atoms with Crippen LogP contribution in [0, 0.1) is 10.8 Å². The predicted molar refractivity (Wildman–Crippen MR) is 67.0 cm³/mol. The highest BCUT2D eigenvalue weighted by Gasteiger charge is 2.02. The van der Waals surface area contributed by atoms with Crippen LogP contribution in [0.2, 0.25) is 0 Å².